The van der Waals surface area contributed by atoms with Crippen LogP contribution in [0.25, 0.3) is 11.2 Å². The van der Waals surface area contributed by atoms with E-state index in [1.165, 1.54) is 18.7 Å². The summed E-state index contributed by atoms with van der Waals surface area (Å²) in [6, 6.07) is 7.85. The minimum atomic E-state index is -0.188. The van der Waals surface area contributed by atoms with Crippen LogP contribution < -0.4 is 10.1 Å². The zero-order chi connectivity index (χ0) is 17.1. The molecule has 0 saturated heterocycles. The second-order valence-corrected chi connectivity index (χ2v) is 6.14. The maximum atomic E-state index is 11.4. The van der Waals surface area contributed by atoms with Crippen LogP contribution >= 0.6 is 11.8 Å². The van der Waals surface area contributed by atoms with Crippen LogP contribution in [0, 0.1) is 0 Å². The molecule has 0 aliphatic carbocycles. The molecule has 0 spiro atoms. The number of ether oxygens (including phenoxy) is 1. The van der Waals surface area contributed by atoms with E-state index in [0.29, 0.717) is 27.9 Å². The Morgan fingerprint density at radius 1 is 1.29 bits per heavy atom. The summed E-state index contributed by atoms with van der Waals surface area (Å²) in [6.45, 7) is 1.45. The van der Waals surface area contributed by atoms with Crippen LogP contribution in [0.2, 0.25) is 0 Å². The highest BCUT2D eigenvalue weighted by Crippen LogP contribution is 2.26. The van der Waals surface area contributed by atoms with Crippen molar-refractivity contribution < 1.29 is 9.53 Å². The molecule has 0 atom stereocenters. The van der Waals surface area contributed by atoms with Gasteiger partial charge in [-0.05, 0) is 17.7 Å². The average molecular weight is 343 g/mol. The number of nitrogens with one attached hydrogen (secondary N) is 1. The van der Waals surface area contributed by atoms with Crippen molar-refractivity contribution in [3.05, 3.63) is 36.2 Å². The number of rotatable bonds is 5. The molecule has 124 valence electrons. The summed E-state index contributed by atoms with van der Waals surface area (Å²) in [4.78, 5) is 24.6. The van der Waals surface area contributed by atoms with Gasteiger partial charge in [-0.1, -0.05) is 23.9 Å². The van der Waals surface area contributed by atoms with Crippen LogP contribution in [0.15, 0.2) is 35.7 Å². The third kappa shape index (κ3) is 3.48. The Morgan fingerprint density at radius 3 is 2.71 bits per heavy atom. The number of nitrogens with zero attached hydrogens (tertiary/aromatic N) is 4. The average Bonchev–Trinajstić information content (AvgIpc) is 2.94. The van der Waals surface area contributed by atoms with Gasteiger partial charge in [-0.3, -0.25) is 4.79 Å². The lowest BCUT2D eigenvalue weighted by Gasteiger charge is -2.07. The van der Waals surface area contributed by atoms with Crippen molar-refractivity contribution in [3.8, 4) is 5.75 Å². The smallest absolute Gasteiger partial charge is 0.222 e. The quantitative estimate of drug-likeness (QED) is 0.566. The maximum Gasteiger partial charge on any atom is 0.222 e. The largest absolute Gasteiger partial charge is 0.497 e. The molecule has 0 fully saturated rings. The number of carbonyl (C=O) groups is 1. The van der Waals surface area contributed by atoms with Crippen LogP contribution in [0.5, 0.6) is 5.75 Å². The molecule has 8 heteroatoms. The zero-order valence-electron chi connectivity index (χ0n) is 13.6. The normalized spacial score (nSPS) is 10.8. The van der Waals surface area contributed by atoms with E-state index in [0.717, 1.165) is 11.3 Å². The molecule has 0 bridgehead atoms. The van der Waals surface area contributed by atoms with Crippen LogP contribution in [0.4, 0.5) is 5.82 Å². The molecule has 1 aromatic carbocycles. The van der Waals surface area contributed by atoms with E-state index in [2.05, 4.69) is 20.3 Å². The topological polar surface area (TPSA) is 81.9 Å². The summed E-state index contributed by atoms with van der Waals surface area (Å²) >= 11 is 1.50. The minimum Gasteiger partial charge on any atom is -0.497 e. The summed E-state index contributed by atoms with van der Waals surface area (Å²) < 4.78 is 6.96. The van der Waals surface area contributed by atoms with Gasteiger partial charge in [0.15, 0.2) is 22.1 Å². The van der Waals surface area contributed by atoms with Crippen LogP contribution in [-0.2, 0) is 17.6 Å². The highest BCUT2D eigenvalue weighted by molar-refractivity contribution is 7.98. The molecule has 0 radical (unpaired) electrons. The second-order valence-electron chi connectivity index (χ2n) is 5.20. The standard InChI is InChI=1S/C16H17N5O2S/c1-10(22)18-14-13-15(21(2)9-17-13)20-16(19-14)24-8-11-4-6-12(23-3)7-5-11/h4-7,9H,8H2,1-3H3,(H,18,19,20,22). The Labute approximate surface area is 143 Å². The Balaban J connectivity index is 1.85. The molecular weight excluding hydrogens is 326 g/mol. The van der Waals surface area contributed by atoms with E-state index < -0.39 is 0 Å². The lowest BCUT2D eigenvalue weighted by molar-refractivity contribution is -0.114. The SMILES string of the molecule is COc1ccc(CSc2nc(NC(C)=O)c3ncn(C)c3n2)cc1. The fourth-order valence-electron chi connectivity index (χ4n) is 2.17. The van der Waals surface area contributed by atoms with E-state index in [9.17, 15) is 4.79 Å². The highest BCUT2D eigenvalue weighted by atomic mass is 32.2. The molecule has 2 aromatic heterocycles. The molecule has 24 heavy (non-hydrogen) atoms. The zero-order valence-corrected chi connectivity index (χ0v) is 14.4. The van der Waals surface area contributed by atoms with Crippen LogP contribution in [0.3, 0.4) is 0 Å². The van der Waals surface area contributed by atoms with Gasteiger partial charge < -0.3 is 14.6 Å². The van der Waals surface area contributed by atoms with Gasteiger partial charge in [0.1, 0.15) is 5.75 Å². The van der Waals surface area contributed by atoms with Gasteiger partial charge in [-0.25, -0.2) is 15.0 Å². The van der Waals surface area contributed by atoms with E-state index in [4.69, 9.17) is 4.74 Å². The summed E-state index contributed by atoms with van der Waals surface area (Å²) in [5, 5.41) is 3.31. The first-order valence-corrected chi connectivity index (χ1v) is 8.28. The van der Waals surface area contributed by atoms with Crippen molar-refractivity contribution in [1.82, 2.24) is 19.5 Å². The Bertz CT molecular complexity index is 876. The number of aromatic nitrogens is 4. The van der Waals surface area contributed by atoms with E-state index in [-0.39, 0.29) is 5.91 Å². The molecular formula is C16H17N5O2S. The lowest BCUT2D eigenvalue weighted by atomic mass is 10.2. The summed E-state index contributed by atoms with van der Waals surface area (Å²) in [6.07, 6.45) is 1.66. The molecule has 3 rings (SSSR count). The second kappa shape index (κ2) is 6.88. The Kier molecular flexibility index (Phi) is 4.66. The van der Waals surface area contributed by atoms with E-state index in [1.54, 1.807) is 18.0 Å². The molecule has 0 saturated carbocycles. The van der Waals surface area contributed by atoms with Gasteiger partial charge in [0, 0.05) is 19.7 Å². The lowest BCUT2D eigenvalue weighted by Crippen LogP contribution is -2.09. The molecule has 0 aliphatic heterocycles. The van der Waals surface area contributed by atoms with Gasteiger partial charge >= 0.3 is 0 Å². The van der Waals surface area contributed by atoms with Crippen molar-refractivity contribution in [1.29, 1.82) is 0 Å². The van der Waals surface area contributed by atoms with Crippen molar-refractivity contribution >= 4 is 34.7 Å². The predicted molar refractivity (Wildman–Crippen MR) is 93.2 cm³/mol. The first-order valence-electron chi connectivity index (χ1n) is 7.29. The number of amides is 1. The maximum absolute atomic E-state index is 11.4. The van der Waals surface area contributed by atoms with Crippen LogP contribution in [0.1, 0.15) is 12.5 Å². The number of fused-ring (bicyclic) bond motifs is 1. The monoisotopic (exact) mass is 343 g/mol. The van der Waals surface area contributed by atoms with Crippen molar-refractivity contribution in [2.24, 2.45) is 7.05 Å². The van der Waals surface area contributed by atoms with Gasteiger partial charge in [0.05, 0.1) is 13.4 Å². The number of carbonyl (C=O) groups excluding carboxylic acids is 1. The number of benzene rings is 1. The Hall–Kier alpha value is -2.61. The molecule has 2 heterocycles. The number of hydrogen-bond donors (Lipinski definition) is 1. The highest BCUT2D eigenvalue weighted by Gasteiger charge is 2.13. The molecule has 1 amide bonds. The van der Waals surface area contributed by atoms with Gasteiger partial charge in [0.25, 0.3) is 0 Å². The van der Waals surface area contributed by atoms with Crippen molar-refractivity contribution in [2.45, 2.75) is 17.8 Å². The molecule has 0 aliphatic rings. The van der Waals surface area contributed by atoms with Crippen molar-refractivity contribution in [2.75, 3.05) is 12.4 Å². The third-order valence-electron chi connectivity index (χ3n) is 3.36. The van der Waals surface area contributed by atoms with Gasteiger partial charge in [-0.2, -0.15) is 0 Å². The number of hydrogen-bond acceptors (Lipinski definition) is 6. The minimum absolute atomic E-state index is 0.188. The van der Waals surface area contributed by atoms with Crippen molar-refractivity contribution in [3.63, 3.8) is 0 Å². The number of imidazole rings is 1. The number of anilines is 1. The van der Waals surface area contributed by atoms with E-state index in [1.807, 2.05) is 31.3 Å². The van der Waals surface area contributed by atoms with Gasteiger partial charge in [-0.15, -0.1) is 0 Å². The number of aryl methyl sites for hydroxylation is 1. The van der Waals surface area contributed by atoms with E-state index >= 15 is 0 Å². The molecule has 1 N–H and O–H groups in total. The summed E-state index contributed by atoms with van der Waals surface area (Å²) in [7, 11) is 3.50. The fraction of sp³-hybridized carbons (Fsp3) is 0.250. The number of thioether (sulfide) groups is 1. The fourth-order valence-corrected chi connectivity index (χ4v) is 2.97. The molecule has 3 aromatic rings. The Morgan fingerprint density at radius 2 is 2.04 bits per heavy atom. The third-order valence-corrected chi connectivity index (χ3v) is 4.28. The van der Waals surface area contributed by atoms with Gasteiger partial charge in [0.2, 0.25) is 5.91 Å². The predicted octanol–water partition coefficient (Wildman–Crippen LogP) is 2.62. The summed E-state index contributed by atoms with van der Waals surface area (Å²) in [5.74, 6) is 1.79. The molecule has 7 nitrogen and oxygen atoms in total. The summed E-state index contributed by atoms with van der Waals surface area (Å²) in [5.41, 5.74) is 2.41. The molecule has 0 unspecified atom stereocenters. The first kappa shape index (κ1) is 16.3. The number of methoxy groups -OCH3 is 1. The first-order chi connectivity index (χ1) is 11.6. The van der Waals surface area contributed by atoms with Crippen LogP contribution in [-0.4, -0.2) is 32.5 Å².